The molecule has 0 aromatic heterocycles. The summed E-state index contributed by atoms with van der Waals surface area (Å²) in [6.07, 6.45) is 3.60. The first-order chi connectivity index (χ1) is 9.63. The van der Waals surface area contributed by atoms with Crippen LogP contribution in [0.2, 0.25) is 0 Å². The van der Waals surface area contributed by atoms with Gasteiger partial charge in [0.1, 0.15) is 6.04 Å². The molecule has 0 spiro atoms. The Balaban J connectivity index is 2.02. The van der Waals surface area contributed by atoms with Gasteiger partial charge < -0.3 is 10.1 Å². The molecule has 0 fully saturated rings. The van der Waals surface area contributed by atoms with Crippen LogP contribution in [-0.4, -0.2) is 25.7 Å². The van der Waals surface area contributed by atoms with Crippen LogP contribution in [0.1, 0.15) is 43.7 Å². The van der Waals surface area contributed by atoms with Crippen molar-refractivity contribution in [2.45, 2.75) is 45.1 Å². The van der Waals surface area contributed by atoms with Crippen LogP contribution in [0, 0.1) is 5.92 Å². The summed E-state index contributed by atoms with van der Waals surface area (Å²) in [7, 11) is 1.45. The number of hydrogen-bond acceptors (Lipinski definition) is 3. The lowest BCUT2D eigenvalue weighted by molar-refractivity contribution is -0.144. The van der Waals surface area contributed by atoms with Crippen molar-refractivity contribution in [1.82, 2.24) is 5.32 Å². The van der Waals surface area contributed by atoms with Gasteiger partial charge in [0, 0.05) is 6.54 Å². The van der Waals surface area contributed by atoms with Crippen LogP contribution in [-0.2, 0) is 16.0 Å². The van der Waals surface area contributed by atoms with Gasteiger partial charge in [-0.15, -0.1) is 0 Å². The number of benzene rings is 1. The second-order valence-electron chi connectivity index (χ2n) is 5.94. The Morgan fingerprint density at radius 2 is 2.15 bits per heavy atom. The Kier molecular flexibility index (Phi) is 5.18. The summed E-state index contributed by atoms with van der Waals surface area (Å²) in [4.78, 5) is 11.8. The maximum atomic E-state index is 11.8. The van der Waals surface area contributed by atoms with Crippen molar-refractivity contribution in [2.75, 3.05) is 13.7 Å². The summed E-state index contributed by atoms with van der Waals surface area (Å²) in [5.41, 5.74) is 2.91. The number of aryl methyl sites for hydroxylation is 1. The number of esters is 1. The highest BCUT2D eigenvalue weighted by Crippen LogP contribution is 2.31. The molecule has 1 aliphatic rings. The maximum Gasteiger partial charge on any atom is 0.323 e. The average molecular weight is 275 g/mol. The Morgan fingerprint density at radius 1 is 1.40 bits per heavy atom. The molecule has 0 amide bonds. The van der Waals surface area contributed by atoms with Crippen molar-refractivity contribution in [3.8, 4) is 0 Å². The van der Waals surface area contributed by atoms with E-state index in [1.54, 1.807) is 0 Å². The molecule has 2 rings (SSSR count). The van der Waals surface area contributed by atoms with Crippen LogP contribution in [0.4, 0.5) is 0 Å². The number of nitrogens with one attached hydrogen (secondary N) is 1. The van der Waals surface area contributed by atoms with Gasteiger partial charge in [0.15, 0.2) is 0 Å². The molecule has 0 saturated heterocycles. The van der Waals surface area contributed by atoms with Crippen molar-refractivity contribution in [2.24, 2.45) is 5.92 Å². The van der Waals surface area contributed by atoms with E-state index in [1.807, 2.05) is 13.8 Å². The van der Waals surface area contributed by atoms with Crippen LogP contribution in [0.25, 0.3) is 0 Å². The molecule has 0 saturated carbocycles. The second kappa shape index (κ2) is 6.89. The van der Waals surface area contributed by atoms with Crippen molar-refractivity contribution < 1.29 is 9.53 Å². The normalized spacial score (nSPS) is 19.5. The first-order valence-electron chi connectivity index (χ1n) is 7.52. The molecule has 0 radical (unpaired) electrons. The van der Waals surface area contributed by atoms with Crippen molar-refractivity contribution in [1.29, 1.82) is 0 Å². The van der Waals surface area contributed by atoms with Gasteiger partial charge in [-0.05, 0) is 42.2 Å². The third-order valence-electron chi connectivity index (χ3n) is 4.20. The lowest BCUT2D eigenvalue weighted by atomic mass is 9.82. The van der Waals surface area contributed by atoms with Crippen molar-refractivity contribution >= 4 is 5.97 Å². The molecule has 20 heavy (non-hydrogen) atoms. The number of fused-ring (bicyclic) bond motifs is 1. The number of methoxy groups -OCH3 is 1. The fraction of sp³-hybridized carbons (Fsp3) is 0.588. The fourth-order valence-electron chi connectivity index (χ4n) is 3.05. The number of carbonyl (C=O) groups is 1. The van der Waals surface area contributed by atoms with Crippen LogP contribution in [0.5, 0.6) is 0 Å². The number of ether oxygens (including phenoxy) is 1. The summed E-state index contributed by atoms with van der Waals surface area (Å²) >= 11 is 0. The van der Waals surface area contributed by atoms with Crippen LogP contribution in [0.15, 0.2) is 24.3 Å². The third-order valence-corrected chi connectivity index (χ3v) is 4.20. The third kappa shape index (κ3) is 3.40. The number of rotatable bonds is 5. The minimum atomic E-state index is -0.214. The Labute approximate surface area is 121 Å². The van der Waals surface area contributed by atoms with Crippen LogP contribution in [0.3, 0.4) is 0 Å². The van der Waals surface area contributed by atoms with E-state index in [4.69, 9.17) is 4.74 Å². The monoisotopic (exact) mass is 275 g/mol. The molecule has 0 aliphatic heterocycles. The van der Waals surface area contributed by atoms with Gasteiger partial charge in [0.2, 0.25) is 0 Å². The molecule has 3 heteroatoms. The van der Waals surface area contributed by atoms with Gasteiger partial charge in [-0.2, -0.15) is 0 Å². The maximum absolute atomic E-state index is 11.8. The first kappa shape index (κ1) is 15.0. The second-order valence-corrected chi connectivity index (χ2v) is 5.94. The van der Waals surface area contributed by atoms with E-state index in [-0.39, 0.29) is 17.9 Å². The highest BCUT2D eigenvalue weighted by Gasteiger charge is 2.25. The summed E-state index contributed by atoms with van der Waals surface area (Å²) in [5.74, 6) is 0.580. The molecule has 0 bridgehead atoms. The van der Waals surface area contributed by atoms with E-state index in [0.717, 1.165) is 6.54 Å². The Morgan fingerprint density at radius 3 is 2.85 bits per heavy atom. The number of carbonyl (C=O) groups excluding carboxylic acids is 1. The fourth-order valence-corrected chi connectivity index (χ4v) is 3.05. The van der Waals surface area contributed by atoms with Crippen molar-refractivity contribution in [3.63, 3.8) is 0 Å². The average Bonchev–Trinajstić information content (AvgIpc) is 2.47. The van der Waals surface area contributed by atoms with E-state index >= 15 is 0 Å². The van der Waals surface area contributed by atoms with Gasteiger partial charge in [-0.3, -0.25) is 4.79 Å². The Bertz CT molecular complexity index is 456. The molecule has 2 atom stereocenters. The molecule has 2 unspecified atom stereocenters. The predicted molar refractivity (Wildman–Crippen MR) is 80.8 cm³/mol. The predicted octanol–water partition coefficient (Wildman–Crippen LogP) is 2.89. The summed E-state index contributed by atoms with van der Waals surface area (Å²) in [6, 6.07) is 8.46. The molecular weight excluding hydrogens is 250 g/mol. The summed E-state index contributed by atoms with van der Waals surface area (Å²) in [5, 5.41) is 3.41. The molecule has 1 N–H and O–H groups in total. The van der Waals surface area contributed by atoms with Gasteiger partial charge in [0.05, 0.1) is 7.11 Å². The molecule has 3 nitrogen and oxygen atoms in total. The summed E-state index contributed by atoms with van der Waals surface area (Å²) in [6.45, 7) is 4.93. The zero-order valence-corrected chi connectivity index (χ0v) is 12.7. The SMILES string of the molecule is COC(=O)C(NCC1CCCc2ccccc21)C(C)C. The zero-order chi connectivity index (χ0) is 14.5. The van der Waals surface area contributed by atoms with E-state index in [9.17, 15) is 4.79 Å². The lowest BCUT2D eigenvalue weighted by Gasteiger charge is -2.28. The highest BCUT2D eigenvalue weighted by molar-refractivity contribution is 5.75. The largest absolute Gasteiger partial charge is 0.468 e. The quantitative estimate of drug-likeness (QED) is 0.840. The smallest absolute Gasteiger partial charge is 0.323 e. The zero-order valence-electron chi connectivity index (χ0n) is 12.7. The van der Waals surface area contributed by atoms with Crippen LogP contribution >= 0.6 is 0 Å². The molecule has 0 heterocycles. The minimum absolute atomic E-state index is 0.163. The van der Waals surface area contributed by atoms with Crippen molar-refractivity contribution in [3.05, 3.63) is 35.4 Å². The number of hydrogen-bond donors (Lipinski definition) is 1. The van der Waals surface area contributed by atoms with E-state index < -0.39 is 0 Å². The molecular formula is C17H25NO2. The van der Waals surface area contributed by atoms with Gasteiger partial charge >= 0.3 is 5.97 Å². The minimum Gasteiger partial charge on any atom is -0.468 e. The van der Waals surface area contributed by atoms with E-state index in [1.165, 1.54) is 37.5 Å². The first-order valence-corrected chi connectivity index (χ1v) is 7.52. The van der Waals surface area contributed by atoms with E-state index in [2.05, 4.69) is 29.6 Å². The topological polar surface area (TPSA) is 38.3 Å². The Hall–Kier alpha value is -1.35. The van der Waals surface area contributed by atoms with Gasteiger partial charge in [-0.25, -0.2) is 0 Å². The molecule has 1 aromatic rings. The lowest BCUT2D eigenvalue weighted by Crippen LogP contribution is -2.43. The van der Waals surface area contributed by atoms with Gasteiger partial charge in [0.25, 0.3) is 0 Å². The summed E-state index contributed by atoms with van der Waals surface area (Å²) < 4.78 is 4.88. The molecule has 1 aliphatic carbocycles. The van der Waals surface area contributed by atoms with E-state index in [0.29, 0.717) is 5.92 Å². The van der Waals surface area contributed by atoms with Crippen LogP contribution < -0.4 is 5.32 Å². The molecule has 110 valence electrons. The standard InChI is InChI=1S/C17H25NO2/c1-12(2)16(17(19)20-3)18-11-14-9-6-8-13-7-4-5-10-15(13)14/h4-5,7,10,12,14,16,18H,6,8-9,11H2,1-3H3. The molecule has 1 aromatic carbocycles. The van der Waals surface area contributed by atoms with Gasteiger partial charge in [-0.1, -0.05) is 38.1 Å². The highest BCUT2D eigenvalue weighted by atomic mass is 16.5.